The van der Waals surface area contributed by atoms with Gasteiger partial charge in [-0.1, -0.05) is 30.7 Å². The Morgan fingerprint density at radius 2 is 1.89 bits per heavy atom. The minimum Gasteiger partial charge on any atom is -0.354 e. The van der Waals surface area contributed by atoms with E-state index in [4.69, 9.17) is 0 Å². The third-order valence-electron chi connectivity index (χ3n) is 6.08. The van der Waals surface area contributed by atoms with Gasteiger partial charge in [-0.25, -0.2) is 0 Å². The summed E-state index contributed by atoms with van der Waals surface area (Å²) < 4.78 is 0. The van der Waals surface area contributed by atoms with Gasteiger partial charge in [-0.2, -0.15) is 0 Å². The van der Waals surface area contributed by atoms with E-state index in [0.29, 0.717) is 32.6 Å². The second-order valence-electron chi connectivity index (χ2n) is 7.95. The van der Waals surface area contributed by atoms with Crippen molar-refractivity contribution in [3.63, 3.8) is 0 Å². The molecule has 152 valence electrons. The smallest absolute Gasteiger partial charge is 0.227 e. The van der Waals surface area contributed by atoms with E-state index in [1.165, 1.54) is 0 Å². The minimum atomic E-state index is -0.127. The lowest BCUT2D eigenvalue weighted by atomic mass is 10.0. The van der Waals surface area contributed by atoms with Gasteiger partial charge in [0.2, 0.25) is 17.7 Å². The molecule has 2 atom stereocenters. The van der Waals surface area contributed by atoms with Crippen molar-refractivity contribution in [2.45, 2.75) is 52.0 Å². The summed E-state index contributed by atoms with van der Waals surface area (Å²) >= 11 is 0. The van der Waals surface area contributed by atoms with Crippen molar-refractivity contribution in [1.82, 2.24) is 15.1 Å². The molecule has 1 aliphatic carbocycles. The lowest BCUT2D eigenvalue weighted by Gasteiger charge is -2.32. The molecule has 1 aromatic rings. The number of aryl methyl sites for hydroxylation is 1. The number of hydrogen-bond donors (Lipinski definition) is 1. The van der Waals surface area contributed by atoms with Crippen molar-refractivity contribution in [2.24, 2.45) is 5.92 Å². The first kappa shape index (κ1) is 20.4. The number of carbonyl (C=O) groups excluding carboxylic acids is 3. The Morgan fingerprint density at radius 3 is 2.64 bits per heavy atom. The third-order valence-corrected chi connectivity index (χ3v) is 6.08. The van der Waals surface area contributed by atoms with Crippen LogP contribution in [0.5, 0.6) is 0 Å². The Hall–Kier alpha value is -2.37. The molecule has 1 aromatic carbocycles. The molecule has 1 heterocycles. The maximum atomic E-state index is 12.9. The normalized spacial score (nSPS) is 23.6. The molecule has 1 saturated carbocycles. The number of nitrogens with one attached hydrogen (secondary N) is 1. The summed E-state index contributed by atoms with van der Waals surface area (Å²) in [6.07, 6.45) is 3.79. The predicted octanol–water partition coefficient (Wildman–Crippen LogP) is 1.90. The number of rotatable bonds is 2. The molecule has 0 spiro atoms. The van der Waals surface area contributed by atoms with Gasteiger partial charge in [0.25, 0.3) is 0 Å². The molecule has 6 heteroatoms. The van der Waals surface area contributed by atoms with Gasteiger partial charge in [0.15, 0.2) is 0 Å². The summed E-state index contributed by atoms with van der Waals surface area (Å²) in [4.78, 5) is 41.4. The van der Waals surface area contributed by atoms with Crippen LogP contribution in [0, 0.1) is 12.8 Å². The van der Waals surface area contributed by atoms with Gasteiger partial charge >= 0.3 is 0 Å². The summed E-state index contributed by atoms with van der Waals surface area (Å²) in [5.41, 5.74) is 2.14. The van der Waals surface area contributed by atoms with Gasteiger partial charge in [0.1, 0.15) is 0 Å². The van der Waals surface area contributed by atoms with Crippen molar-refractivity contribution >= 4 is 17.7 Å². The highest BCUT2D eigenvalue weighted by Gasteiger charge is 2.38. The molecule has 1 N–H and O–H groups in total. The van der Waals surface area contributed by atoms with E-state index in [2.05, 4.69) is 5.32 Å². The SMILES string of the molecule is CC(=O)N1CCCN(C(=O)Cc2ccccc2C)CCNC(=O)C2CCCC21. The summed E-state index contributed by atoms with van der Waals surface area (Å²) in [7, 11) is 0. The molecule has 0 radical (unpaired) electrons. The summed E-state index contributed by atoms with van der Waals surface area (Å²) in [5.74, 6) is -0.0285. The monoisotopic (exact) mass is 385 g/mol. The molecule has 0 bridgehead atoms. The van der Waals surface area contributed by atoms with Crippen LogP contribution < -0.4 is 5.32 Å². The summed E-state index contributed by atoms with van der Waals surface area (Å²) in [5, 5.41) is 3.00. The van der Waals surface area contributed by atoms with Gasteiger partial charge in [-0.05, 0) is 37.3 Å². The molecule has 0 aromatic heterocycles. The van der Waals surface area contributed by atoms with Crippen LogP contribution in [0.3, 0.4) is 0 Å². The molecule has 28 heavy (non-hydrogen) atoms. The van der Waals surface area contributed by atoms with E-state index in [0.717, 1.165) is 36.8 Å². The first-order valence-corrected chi connectivity index (χ1v) is 10.3. The number of carbonyl (C=O) groups is 3. The van der Waals surface area contributed by atoms with Gasteiger partial charge in [-0.3, -0.25) is 14.4 Å². The maximum Gasteiger partial charge on any atom is 0.227 e. The Morgan fingerprint density at radius 1 is 1.11 bits per heavy atom. The molecule has 2 unspecified atom stereocenters. The summed E-state index contributed by atoms with van der Waals surface area (Å²) in [6, 6.07) is 7.91. The average Bonchev–Trinajstić information content (AvgIpc) is 3.13. The molecule has 3 rings (SSSR count). The van der Waals surface area contributed by atoms with E-state index in [9.17, 15) is 14.4 Å². The number of hydrogen-bond acceptors (Lipinski definition) is 3. The Balaban J connectivity index is 1.70. The number of nitrogens with zero attached hydrogens (tertiary/aromatic N) is 2. The van der Waals surface area contributed by atoms with Crippen LogP contribution in [-0.4, -0.2) is 59.7 Å². The number of fused-ring (bicyclic) bond motifs is 1. The van der Waals surface area contributed by atoms with Gasteiger partial charge < -0.3 is 15.1 Å². The summed E-state index contributed by atoms with van der Waals surface area (Å²) in [6.45, 7) is 5.75. The average molecular weight is 386 g/mol. The van der Waals surface area contributed by atoms with Crippen molar-refractivity contribution < 1.29 is 14.4 Å². The van der Waals surface area contributed by atoms with Gasteiger partial charge in [0, 0.05) is 39.1 Å². The standard InChI is InChI=1S/C22H31N3O3/c1-16-7-3-4-8-18(16)15-21(27)24-12-6-13-25(17(2)26)20-10-5-9-19(20)22(28)23-11-14-24/h3-4,7-8,19-20H,5-6,9-15H2,1-2H3,(H,23,28). The van der Waals surface area contributed by atoms with Crippen molar-refractivity contribution in [3.05, 3.63) is 35.4 Å². The van der Waals surface area contributed by atoms with Crippen molar-refractivity contribution in [1.29, 1.82) is 0 Å². The lowest BCUT2D eigenvalue weighted by Crippen LogP contribution is -2.46. The Labute approximate surface area is 167 Å². The minimum absolute atomic E-state index is 0.00767. The van der Waals surface area contributed by atoms with E-state index >= 15 is 0 Å². The van der Waals surface area contributed by atoms with Gasteiger partial charge in [0.05, 0.1) is 12.3 Å². The highest BCUT2D eigenvalue weighted by Crippen LogP contribution is 2.30. The van der Waals surface area contributed by atoms with E-state index in [1.54, 1.807) is 6.92 Å². The highest BCUT2D eigenvalue weighted by molar-refractivity contribution is 5.82. The number of benzene rings is 1. The fourth-order valence-corrected chi connectivity index (χ4v) is 4.50. The fraction of sp³-hybridized carbons (Fsp3) is 0.591. The van der Waals surface area contributed by atoms with Crippen LogP contribution in [0.2, 0.25) is 0 Å². The second kappa shape index (κ2) is 9.22. The van der Waals surface area contributed by atoms with Crippen molar-refractivity contribution in [3.8, 4) is 0 Å². The molecule has 1 aliphatic heterocycles. The van der Waals surface area contributed by atoms with E-state index < -0.39 is 0 Å². The molecule has 2 aliphatic rings. The first-order valence-electron chi connectivity index (χ1n) is 10.3. The Kier molecular flexibility index (Phi) is 6.70. The first-order chi connectivity index (χ1) is 13.5. The van der Waals surface area contributed by atoms with Crippen LogP contribution in [0.1, 0.15) is 43.7 Å². The zero-order valence-electron chi connectivity index (χ0n) is 16.9. The topological polar surface area (TPSA) is 69.7 Å². The maximum absolute atomic E-state index is 12.9. The van der Waals surface area contributed by atoms with Crippen LogP contribution in [0.25, 0.3) is 0 Å². The van der Waals surface area contributed by atoms with Crippen LogP contribution >= 0.6 is 0 Å². The third kappa shape index (κ3) is 4.72. The molecule has 1 saturated heterocycles. The molecule has 6 nitrogen and oxygen atoms in total. The lowest BCUT2D eigenvalue weighted by molar-refractivity contribution is -0.134. The highest BCUT2D eigenvalue weighted by atomic mass is 16.2. The van der Waals surface area contributed by atoms with Gasteiger partial charge in [-0.15, -0.1) is 0 Å². The molecular formula is C22H31N3O3. The quantitative estimate of drug-likeness (QED) is 0.845. The zero-order chi connectivity index (χ0) is 20.1. The van der Waals surface area contributed by atoms with Crippen molar-refractivity contribution in [2.75, 3.05) is 26.2 Å². The fourth-order valence-electron chi connectivity index (χ4n) is 4.50. The van der Waals surface area contributed by atoms with Crippen LogP contribution in [0.15, 0.2) is 24.3 Å². The molecule has 3 amide bonds. The molecule has 2 fully saturated rings. The molecular weight excluding hydrogens is 354 g/mol. The predicted molar refractivity (Wildman–Crippen MR) is 108 cm³/mol. The van der Waals surface area contributed by atoms with Crippen LogP contribution in [0.4, 0.5) is 0 Å². The van der Waals surface area contributed by atoms with Crippen LogP contribution in [-0.2, 0) is 20.8 Å². The largest absolute Gasteiger partial charge is 0.354 e. The van der Waals surface area contributed by atoms with E-state index in [-0.39, 0.29) is 29.7 Å². The zero-order valence-corrected chi connectivity index (χ0v) is 16.9. The Bertz CT molecular complexity index is 733. The number of amides is 3. The second-order valence-corrected chi connectivity index (χ2v) is 7.95. The van der Waals surface area contributed by atoms with E-state index in [1.807, 2.05) is 41.0 Å².